The van der Waals surface area contributed by atoms with Crippen LogP contribution in [0.1, 0.15) is 48.3 Å². The molecule has 154 valence electrons. The third-order valence-electron chi connectivity index (χ3n) is 6.89. The molecule has 0 radical (unpaired) electrons. The molecule has 2 fully saturated rings. The van der Waals surface area contributed by atoms with Crippen LogP contribution in [0.15, 0.2) is 53.3 Å². The molecular formula is C25H27N3O2. The van der Waals surface area contributed by atoms with Crippen molar-refractivity contribution in [3.8, 4) is 5.69 Å². The lowest BCUT2D eigenvalue weighted by molar-refractivity contribution is 0.0521. The smallest absolute Gasteiger partial charge is 0.265 e. The number of benzene rings is 2. The molecule has 2 atom stereocenters. The summed E-state index contributed by atoms with van der Waals surface area (Å²) >= 11 is 0. The van der Waals surface area contributed by atoms with Crippen molar-refractivity contribution in [1.82, 2.24) is 14.5 Å². The summed E-state index contributed by atoms with van der Waals surface area (Å²) < 4.78 is 1.62. The van der Waals surface area contributed by atoms with Crippen LogP contribution >= 0.6 is 0 Å². The first-order valence-corrected chi connectivity index (χ1v) is 11.0. The molecule has 0 N–H and O–H groups in total. The van der Waals surface area contributed by atoms with Gasteiger partial charge in [0.2, 0.25) is 0 Å². The predicted octanol–water partition coefficient (Wildman–Crippen LogP) is 4.35. The molecule has 2 aromatic carbocycles. The van der Waals surface area contributed by atoms with E-state index < -0.39 is 0 Å². The van der Waals surface area contributed by atoms with Gasteiger partial charge in [-0.15, -0.1) is 0 Å². The average Bonchev–Trinajstić information content (AvgIpc) is 2.79. The van der Waals surface area contributed by atoms with Crippen molar-refractivity contribution in [3.63, 3.8) is 0 Å². The van der Waals surface area contributed by atoms with Gasteiger partial charge in [-0.2, -0.15) is 0 Å². The first-order valence-electron chi connectivity index (χ1n) is 11.0. The van der Waals surface area contributed by atoms with Crippen LogP contribution in [0.5, 0.6) is 0 Å². The number of para-hydroxylation sites is 1. The number of nitrogens with zero attached hydrogens (tertiary/aromatic N) is 3. The van der Waals surface area contributed by atoms with E-state index in [0.29, 0.717) is 28.2 Å². The zero-order chi connectivity index (χ0) is 20.7. The molecule has 0 bridgehead atoms. The third kappa shape index (κ3) is 3.32. The topological polar surface area (TPSA) is 55.2 Å². The highest BCUT2D eigenvalue weighted by atomic mass is 16.2. The van der Waals surface area contributed by atoms with Crippen LogP contribution in [0.4, 0.5) is 0 Å². The lowest BCUT2D eigenvalue weighted by atomic mass is 9.75. The fourth-order valence-corrected chi connectivity index (χ4v) is 5.27. The summed E-state index contributed by atoms with van der Waals surface area (Å²) in [6, 6.07) is 14.8. The minimum Gasteiger partial charge on any atom is -0.338 e. The number of carbonyl (C=O) groups is 1. The number of piperidine rings is 1. The van der Waals surface area contributed by atoms with Gasteiger partial charge in [0, 0.05) is 18.7 Å². The maximum atomic E-state index is 13.1. The Morgan fingerprint density at radius 1 is 0.967 bits per heavy atom. The van der Waals surface area contributed by atoms with Crippen molar-refractivity contribution in [2.24, 2.45) is 11.8 Å². The van der Waals surface area contributed by atoms with Gasteiger partial charge in [0.1, 0.15) is 5.82 Å². The van der Waals surface area contributed by atoms with Crippen LogP contribution in [0.2, 0.25) is 0 Å². The molecule has 5 heteroatoms. The first kappa shape index (κ1) is 19.0. The second kappa shape index (κ2) is 7.71. The molecule has 1 saturated carbocycles. The minimum atomic E-state index is -0.0865. The standard InChI is InChI=1S/C25H27N3O2/c1-17-26-23-9-5-4-8-22(23)25(30)28(17)21-12-10-19(11-13-21)24(29)27-15-14-18-6-2-3-7-20(18)16-27/h4-5,8-13,18,20H,2-3,6-7,14-16H2,1H3/t18-,20+/m1/s1. The highest BCUT2D eigenvalue weighted by Crippen LogP contribution is 2.36. The average molecular weight is 402 g/mol. The molecule has 0 spiro atoms. The molecule has 2 aliphatic rings. The fourth-order valence-electron chi connectivity index (χ4n) is 5.27. The fraction of sp³-hybridized carbons (Fsp3) is 0.400. The van der Waals surface area contributed by atoms with Gasteiger partial charge in [-0.05, 0) is 68.0 Å². The number of rotatable bonds is 2. The monoisotopic (exact) mass is 401 g/mol. The Labute approximate surface area is 176 Å². The zero-order valence-corrected chi connectivity index (χ0v) is 17.4. The molecule has 1 aliphatic heterocycles. The second-order valence-corrected chi connectivity index (χ2v) is 8.71. The Hall–Kier alpha value is -2.95. The van der Waals surface area contributed by atoms with Crippen LogP contribution in [0.25, 0.3) is 16.6 Å². The summed E-state index contributed by atoms with van der Waals surface area (Å²) in [7, 11) is 0. The SMILES string of the molecule is Cc1nc2ccccc2c(=O)n1-c1ccc(C(=O)N2CC[C@H]3CCCC[C@H]3C2)cc1. The van der Waals surface area contributed by atoms with Gasteiger partial charge in [-0.1, -0.05) is 31.4 Å². The van der Waals surface area contributed by atoms with Crippen LogP contribution in [-0.2, 0) is 0 Å². The number of fused-ring (bicyclic) bond motifs is 2. The van der Waals surface area contributed by atoms with Crippen LogP contribution in [0.3, 0.4) is 0 Å². The largest absolute Gasteiger partial charge is 0.338 e. The molecule has 5 rings (SSSR count). The lowest BCUT2D eigenvalue weighted by Crippen LogP contribution is -2.44. The summed E-state index contributed by atoms with van der Waals surface area (Å²) in [5, 5.41) is 0.596. The van der Waals surface area contributed by atoms with Gasteiger partial charge in [-0.3, -0.25) is 14.2 Å². The van der Waals surface area contributed by atoms with Crippen molar-refractivity contribution in [2.45, 2.75) is 39.0 Å². The van der Waals surface area contributed by atoms with Gasteiger partial charge in [0.25, 0.3) is 11.5 Å². The van der Waals surface area contributed by atoms with E-state index in [0.717, 1.165) is 31.1 Å². The lowest BCUT2D eigenvalue weighted by Gasteiger charge is -2.41. The Morgan fingerprint density at radius 3 is 2.50 bits per heavy atom. The predicted molar refractivity (Wildman–Crippen MR) is 118 cm³/mol. The van der Waals surface area contributed by atoms with Gasteiger partial charge in [0.05, 0.1) is 16.6 Å². The highest BCUT2D eigenvalue weighted by molar-refractivity contribution is 5.94. The molecular weight excluding hydrogens is 374 g/mol. The molecule has 1 saturated heterocycles. The molecule has 1 aromatic heterocycles. The van der Waals surface area contributed by atoms with Gasteiger partial charge in [-0.25, -0.2) is 4.98 Å². The van der Waals surface area contributed by atoms with E-state index in [4.69, 9.17) is 0 Å². The summed E-state index contributed by atoms with van der Waals surface area (Å²) in [5.41, 5.74) is 2.04. The Bertz CT molecular complexity index is 1150. The maximum Gasteiger partial charge on any atom is 0.265 e. The Balaban J connectivity index is 1.40. The van der Waals surface area contributed by atoms with Crippen molar-refractivity contribution < 1.29 is 4.79 Å². The number of carbonyl (C=O) groups excluding carboxylic acids is 1. The number of aromatic nitrogens is 2. The van der Waals surface area contributed by atoms with Crippen molar-refractivity contribution in [2.75, 3.05) is 13.1 Å². The van der Waals surface area contributed by atoms with Crippen LogP contribution < -0.4 is 5.56 Å². The number of hydrogen-bond donors (Lipinski definition) is 0. The van der Waals surface area contributed by atoms with Gasteiger partial charge in [0.15, 0.2) is 0 Å². The molecule has 5 nitrogen and oxygen atoms in total. The number of amides is 1. The Kier molecular flexibility index (Phi) is 4.89. The normalized spacial score (nSPS) is 21.4. The summed E-state index contributed by atoms with van der Waals surface area (Å²) in [4.78, 5) is 32.7. The van der Waals surface area contributed by atoms with Gasteiger partial charge >= 0.3 is 0 Å². The minimum absolute atomic E-state index is 0.0865. The summed E-state index contributed by atoms with van der Waals surface area (Å²) in [6.07, 6.45) is 6.36. The number of likely N-dealkylation sites (tertiary alicyclic amines) is 1. The van der Waals surface area contributed by atoms with E-state index in [1.165, 1.54) is 25.7 Å². The summed E-state index contributed by atoms with van der Waals surface area (Å²) in [6.45, 7) is 3.58. The van der Waals surface area contributed by atoms with Crippen molar-refractivity contribution in [1.29, 1.82) is 0 Å². The van der Waals surface area contributed by atoms with E-state index >= 15 is 0 Å². The number of hydrogen-bond acceptors (Lipinski definition) is 3. The first-order chi connectivity index (χ1) is 14.6. The highest BCUT2D eigenvalue weighted by Gasteiger charge is 2.33. The molecule has 30 heavy (non-hydrogen) atoms. The van der Waals surface area contributed by atoms with E-state index in [2.05, 4.69) is 4.98 Å². The zero-order valence-electron chi connectivity index (χ0n) is 17.4. The molecule has 1 aliphatic carbocycles. The molecule has 3 aromatic rings. The quantitative estimate of drug-likeness (QED) is 0.642. The van der Waals surface area contributed by atoms with E-state index in [1.54, 1.807) is 10.6 Å². The molecule has 2 heterocycles. The molecule has 0 unspecified atom stereocenters. The van der Waals surface area contributed by atoms with E-state index in [1.807, 2.05) is 54.3 Å². The molecule has 1 amide bonds. The Morgan fingerprint density at radius 2 is 1.70 bits per heavy atom. The van der Waals surface area contributed by atoms with E-state index in [9.17, 15) is 9.59 Å². The van der Waals surface area contributed by atoms with Gasteiger partial charge < -0.3 is 4.90 Å². The summed E-state index contributed by atoms with van der Waals surface area (Å²) in [5.74, 6) is 2.21. The van der Waals surface area contributed by atoms with Crippen molar-refractivity contribution in [3.05, 3.63) is 70.3 Å². The third-order valence-corrected chi connectivity index (χ3v) is 6.89. The second-order valence-electron chi connectivity index (χ2n) is 8.71. The van der Waals surface area contributed by atoms with Crippen molar-refractivity contribution >= 4 is 16.8 Å². The van der Waals surface area contributed by atoms with Crippen LogP contribution in [-0.4, -0.2) is 33.4 Å². The maximum absolute atomic E-state index is 13.1. The van der Waals surface area contributed by atoms with E-state index in [-0.39, 0.29) is 11.5 Å². The number of aryl methyl sites for hydroxylation is 1. The van der Waals surface area contributed by atoms with Crippen LogP contribution in [0, 0.1) is 18.8 Å².